The summed E-state index contributed by atoms with van der Waals surface area (Å²) >= 11 is 0. The van der Waals surface area contributed by atoms with E-state index in [4.69, 9.17) is 4.74 Å². The SMILES string of the molecule is CCOCCNC(=NC)NCC1Cc2ccccc21.I. The van der Waals surface area contributed by atoms with Crippen molar-refractivity contribution in [3.8, 4) is 0 Å². The highest BCUT2D eigenvalue weighted by Gasteiger charge is 2.24. The van der Waals surface area contributed by atoms with E-state index in [1.807, 2.05) is 6.92 Å². The van der Waals surface area contributed by atoms with Gasteiger partial charge in [0.15, 0.2) is 5.96 Å². The van der Waals surface area contributed by atoms with E-state index in [9.17, 15) is 0 Å². The molecule has 0 aromatic heterocycles. The molecule has 0 saturated heterocycles. The van der Waals surface area contributed by atoms with Crippen molar-refractivity contribution >= 4 is 29.9 Å². The van der Waals surface area contributed by atoms with Crippen LogP contribution in [0.4, 0.5) is 0 Å². The molecule has 0 bridgehead atoms. The predicted molar refractivity (Wildman–Crippen MR) is 94.2 cm³/mol. The first-order valence-electron chi connectivity index (χ1n) is 6.95. The third-order valence-electron chi connectivity index (χ3n) is 3.44. The van der Waals surface area contributed by atoms with Crippen LogP contribution in [0.5, 0.6) is 0 Å². The van der Waals surface area contributed by atoms with Crippen molar-refractivity contribution in [3.63, 3.8) is 0 Å². The number of nitrogens with one attached hydrogen (secondary N) is 2. The quantitative estimate of drug-likeness (QED) is 0.339. The first kappa shape index (κ1) is 17.2. The first-order chi connectivity index (χ1) is 9.35. The minimum Gasteiger partial charge on any atom is -0.380 e. The molecule has 0 amide bonds. The molecule has 2 N–H and O–H groups in total. The van der Waals surface area contributed by atoms with E-state index in [1.165, 1.54) is 17.5 Å². The molecule has 20 heavy (non-hydrogen) atoms. The molecule has 1 aromatic carbocycles. The molecule has 5 heteroatoms. The van der Waals surface area contributed by atoms with E-state index in [-0.39, 0.29) is 24.0 Å². The summed E-state index contributed by atoms with van der Waals surface area (Å²) in [6.07, 6.45) is 1.17. The molecule has 0 spiro atoms. The monoisotopic (exact) mass is 389 g/mol. The van der Waals surface area contributed by atoms with Gasteiger partial charge in [-0.2, -0.15) is 0 Å². The van der Waals surface area contributed by atoms with Crippen LogP contribution in [0.25, 0.3) is 0 Å². The van der Waals surface area contributed by atoms with Crippen molar-refractivity contribution in [1.29, 1.82) is 0 Å². The van der Waals surface area contributed by atoms with E-state index in [1.54, 1.807) is 7.05 Å². The lowest BCUT2D eigenvalue weighted by atomic mass is 9.78. The summed E-state index contributed by atoms with van der Waals surface area (Å²) in [4.78, 5) is 4.21. The molecule has 4 nitrogen and oxygen atoms in total. The average Bonchev–Trinajstić information content (AvgIpc) is 2.42. The highest BCUT2D eigenvalue weighted by Crippen LogP contribution is 2.33. The van der Waals surface area contributed by atoms with Crippen molar-refractivity contribution in [1.82, 2.24) is 10.6 Å². The molecule has 0 fully saturated rings. The molecule has 0 saturated carbocycles. The topological polar surface area (TPSA) is 45.6 Å². The lowest BCUT2D eigenvalue weighted by Gasteiger charge is -2.30. The zero-order chi connectivity index (χ0) is 13.5. The fraction of sp³-hybridized carbons (Fsp3) is 0.533. The maximum absolute atomic E-state index is 5.29. The van der Waals surface area contributed by atoms with E-state index >= 15 is 0 Å². The van der Waals surface area contributed by atoms with Gasteiger partial charge in [0.2, 0.25) is 0 Å². The smallest absolute Gasteiger partial charge is 0.191 e. The highest BCUT2D eigenvalue weighted by molar-refractivity contribution is 14.0. The number of nitrogens with zero attached hydrogens (tertiary/aromatic N) is 1. The van der Waals surface area contributed by atoms with Crippen LogP contribution in [-0.4, -0.2) is 39.3 Å². The van der Waals surface area contributed by atoms with Gasteiger partial charge in [0.1, 0.15) is 0 Å². The summed E-state index contributed by atoms with van der Waals surface area (Å²) in [6, 6.07) is 8.65. The molecular weight excluding hydrogens is 365 g/mol. The normalized spacial score (nSPS) is 16.7. The van der Waals surface area contributed by atoms with E-state index < -0.39 is 0 Å². The number of benzene rings is 1. The van der Waals surface area contributed by atoms with E-state index in [0.29, 0.717) is 12.5 Å². The Hall–Kier alpha value is -0.820. The molecule has 1 aliphatic rings. The summed E-state index contributed by atoms with van der Waals surface area (Å²) in [5.74, 6) is 1.46. The number of aliphatic imine (C=N–C) groups is 1. The minimum atomic E-state index is 0. The van der Waals surface area contributed by atoms with E-state index in [0.717, 1.165) is 25.7 Å². The standard InChI is InChI=1S/C15H23N3O.HI/c1-3-19-9-8-17-15(16-2)18-11-13-10-12-6-4-5-7-14(12)13;/h4-7,13H,3,8-11H2,1-2H3,(H2,16,17,18);1H. The number of hydrogen-bond acceptors (Lipinski definition) is 2. The lowest BCUT2D eigenvalue weighted by molar-refractivity contribution is 0.152. The molecule has 1 atom stereocenters. The lowest BCUT2D eigenvalue weighted by Crippen LogP contribution is -2.42. The molecule has 112 valence electrons. The summed E-state index contributed by atoms with van der Waals surface area (Å²) in [5.41, 5.74) is 2.95. The maximum atomic E-state index is 5.29. The molecule has 0 heterocycles. The van der Waals surface area contributed by atoms with Gasteiger partial charge in [-0.1, -0.05) is 24.3 Å². The van der Waals surface area contributed by atoms with Crippen LogP contribution in [0.1, 0.15) is 24.0 Å². The van der Waals surface area contributed by atoms with Gasteiger partial charge >= 0.3 is 0 Å². The Kier molecular flexibility index (Phi) is 7.91. The van der Waals surface area contributed by atoms with Crippen LogP contribution in [0, 0.1) is 0 Å². The first-order valence-corrected chi connectivity index (χ1v) is 6.95. The second kappa shape index (κ2) is 9.18. The molecule has 1 aromatic rings. The van der Waals surface area contributed by atoms with Crippen LogP contribution >= 0.6 is 24.0 Å². The average molecular weight is 389 g/mol. The van der Waals surface area contributed by atoms with Gasteiger partial charge in [-0.05, 0) is 24.5 Å². The minimum absolute atomic E-state index is 0. The number of guanidine groups is 1. The number of hydrogen-bond donors (Lipinski definition) is 2. The number of rotatable bonds is 6. The van der Waals surface area contributed by atoms with Gasteiger partial charge in [-0.25, -0.2) is 0 Å². The maximum Gasteiger partial charge on any atom is 0.191 e. The predicted octanol–water partition coefficient (Wildman–Crippen LogP) is 2.15. The van der Waals surface area contributed by atoms with Crippen molar-refractivity contribution in [2.75, 3.05) is 33.4 Å². The Bertz CT molecular complexity index is 437. The van der Waals surface area contributed by atoms with Gasteiger partial charge in [0.05, 0.1) is 6.61 Å². The van der Waals surface area contributed by atoms with Crippen molar-refractivity contribution in [2.45, 2.75) is 19.3 Å². The van der Waals surface area contributed by atoms with Gasteiger partial charge < -0.3 is 15.4 Å². The molecule has 1 unspecified atom stereocenters. The van der Waals surface area contributed by atoms with Crippen molar-refractivity contribution in [3.05, 3.63) is 35.4 Å². The van der Waals surface area contributed by atoms with Gasteiger partial charge in [0.25, 0.3) is 0 Å². The second-order valence-corrected chi connectivity index (χ2v) is 4.68. The second-order valence-electron chi connectivity index (χ2n) is 4.68. The van der Waals surface area contributed by atoms with Crippen molar-refractivity contribution < 1.29 is 4.74 Å². The zero-order valence-electron chi connectivity index (χ0n) is 12.2. The number of fused-ring (bicyclic) bond motifs is 1. The summed E-state index contributed by atoms with van der Waals surface area (Å²) < 4.78 is 5.29. The Balaban J connectivity index is 0.00000200. The molecule has 1 aliphatic carbocycles. The molecule has 2 rings (SSSR count). The van der Waals surface area contributed by atoms with Crippen LogP contribution in [-0.2, 0) is 11.2 Å². The largest absolute Gasteiger partial charge is 0.380 e. The van der Waals surface area contributed by atoms with Crippen molar-refractivity contribution in [2.24, 2.45) is 4.99 Å². The fourth-order valence-corrected chi connectivity index (χ4v) is 2.37. The Morgan fingerprint density at radius 1 is 1.35 bits per heavy atom. The third-order valence-corrected chi connectivity index (χ3v) is 3.44. The van der Waals surface area contributed by atoms with Crippen LogP contribution in [0.3, 0.4) is 0 Å². The van der Waals surface area contributed by atoms with Crippen LogP contribution < -0.4 is 10.6 Å². The van der Waals surface area contributed by atoms with Gasteiger partial charge in [-0.15, -0.1) is 24.0 Å². The number of halogens is 1. The van der Waals surface area contributed by atoms with Gasteiger partial charge in [0, 0.05) is 32.7 Å². The van der Waals surface area contributed by atoms with Crippen LogP contribution in [0.2, 0.25) is 0 Å². The molecule has 0 aliphatic heterocycles. The summed E-state index contributed by atoms with van der Waals surface area (Å²) in [6.45, 7) is 5.19. The Morgan fingerprint density at radius 2 is 2.15 bits per heavy atom. The summed E-state index contributed by atoms with van der Waals surface area (Å²) in [5, 5.41) is 6.62. The highest BCUT2D eigenvalue weighted by atomic mass is 127. The van der Waals surface area contributed by atoms with E-state index in [2.05, 4.69) is 39.9 Å². The Morgan fingerprint density at radius 3 is 2.85 bits per heavy atom. The molecular formula is C15H24IN3O. The van der Waals surface area contributed by atoms with Crippen LogP contribution in [0.15, 0.2) is 29.3 Å². The van der Waals surface area contributed by atoms with Gasteiger partial charge in [-0.3, -0.25) is 4.99 Å². The molecule has 0 radical (unpaired) electrons. The number of ether oxygens (including phenoxy) is 1. The Labute approximate surface area is 138 Å². The zero-order valence-corrected chi connectivity index (χ0v) is 14.5. The third kappa shape index (κ3) is 4.63. The fourth-order valence-electron chi connectivity index (χ4n) is 2.37. The summed E-state index contributed by atoms with van der Waals surface area (Å²) in [7, 11) is 1.80.